The van der Waals surface area contributed by atoms with Gasteiger partial charge in [-0.2, -0.15) is 15.4 Å². The molecule has 0 atom stereocenters. The molecule has 1 aliphatic heterocycles. The van der Waals surface area contributed by atoms with E-state index in [1.54, 1.807) is 0 Å². The van der Waals surface area contributed by atoms with Crippen molar-refractivity contribution in [3.8, 4) is 17.0 Å². The maximum Gasteiger partial charge on any atom is 0.271 e. The summed E-state index contributed by atoms with van der Waals surface area (Å²) >= 11 is 0. The second-order valence-corrected chi connectivity index (χ2v) is 5.57. The Balaban J connectivity index is 1.55. The number of H-pyrrole nitrogens is 1. The molecule has 2 aromatic rings. The van der Waals surface area contributed by atoms with E-state index in [1.807, 2.05) is 24.3 Å². The Bertz CT molecular complexity index is 682. The number of carbonyl (C=O) groups excluding carboxylic acids is 1. The van der Waals surface area contributed by atoms with E-state index < -0.39 is 5.91 Å². The summed E-state index contributed by atoms with van der Waals surface area (Å²) in [5, 5.41) is 10.2. The molecule has 1 fully saturated rings. The minimum Gasteiger partial charge on any atom is -0.494 e. The summed E-state index contributed by atoms with van der Waals surface area (Å²) in [6.07, 6.45) is 0.945. The normalized spacial score (nSPS) is 15.3. The predicted octanol–water partition coefficient (Wildman–Crippen LogP) is 0.672. The first-order chi connectivity index (χ1) is 11.7. The molecule has 1 amide bonds. The third-order valence-corrected chi connectivity index (χ3v) is 3.88. The van der Waals surface area contributed by atoms with Crippen LogP contribution in [0.3, 0.4) is 0 Å². The first kappa shape index (κ1) is 16.4. The van der Waals surface area contributed by atoms with Crippen molar-refractivity contribution in [2.75, 3.05) is 39.5 Å². The number of benzene rings is 1. The summed E-state index contributed by atoms with van der Waals surface area (Å²) in [4.78, 5) is 13.7. The zero-order valence-electron chi connectivity index (χ0n) is 13.4. The number of amides is 1. The van der Waals surface area contributed by atoms with Crippen molar-refractivity contribution < 1.29 is 14.3 Å². The third kappa shape index (κ3) is 4.09. The summed E-state index contributed by atoms with van der Waals surface area (Å²) in [5.74, 6) is 0.114. The van der Waals surface area contributed by atoms with Crippen molar-refractivity contribution in [2.24, 2.45) is 5.73 Å². The highest BCUT2D eigenvalue weighted by atomic mass is 16.5. The zero-order chi connectivity index (χ0) is 16.8. The molecular weight excluding hydrogens is 310 g/mol. The van der Waals surface area contributed by atoms with Crippen LogP contribution in [0.25, 0.3) is 11.3 Å². The Morgan fingerprint density at radius 2 is 2.17 bits per heavy atom. The largest absolute Gasteiger partial charge is 0.494 e. The lowest BCUT2D eigenvalue weighted by molar-refractivity contribution is 0.0358. The number of carbonyl (C=O) groups is 1. The Labute approximate surface area is 139 Å². The number of primary amides is 1. The van der Waals surface area contributed by atoms with E-state index in [9.17, 15) is 4.79 Å². The lowest BCUT2D eigenvalue weighted by Gasteiger charge is -2.26. The molecule has 1 saturated heterocycles. The molecule has 128 valence electrons. The number of nitrogens with zero attached hydrogens (tertiary/aromatic N) is 3. The first-order valence-corrected chi connectivity index (χ1v) is 7.98. The monoisotopic (exact) mass is 331 g/mol. The topological polar surface area (TPSA) is 106 Å². The van der Waals surface area contributed by atoms with Crippen molar-refractivity contribution in [1.82, 2.24) is 20.3 Å². The lowest BCUT2D eigenvalue weighted by atomic mass is 10.1. The predicted molar refractivity (Wildman–Crippen MR) is 87.7 cm³/mol. The van der Waals surface area contributed by atoms with Gasteiger partial charge in [-0.1, -0.05) is 12.1 Å². The molecule has 24 heavy (non-hydrogen) atoms. The molecule has 1 aliphatic rings. The highest BCUT2D eigenvalue weighted by molar-refractivity contribution is 5.96. The van der Waals surface area contributed by atoms with Crippen molar-refractivity contribution >= 4 is 5.91 Å². The van der Waals surface area contributed by atoms with Crippen LogP contribution in [0.5, 0.6) is 5.75 Å². The molecule has 0 saturated carbocycles. The Morgan fingerprint density at radius 1 is 1.33 bits per heavy atom. The molecule has 0 bridgehead atoms. The molecule has 3 N–H and O–H groups in total. The van der Waals surface area contributed by atoms with Gasteiger partial charge in [0.2, 0.25) is 0 Å². The molecule has 2 heterocycles. The Hall–Kier alpha value is -2.45. The van der Waals surface area contributed by atoms with E-state index >= 15 is 0 Å². The number of aromatic nitrogens is 3. The van der Waals surface area contributed by atoms with Crippen LogP contribution in [-0.2, 0) is 4.74 Å². The van der Waals surface area contributed by atoms with Gasteiger partial charge in [0.05, 0.1) is 19.8 Å². The summed E-state index contributed by atoms with van der Waals surface area (Å²) < 4.78 is 11.1. The SMILES string of the molecule is NC(=O)c1n[nH]nc1-c1cccc(OCCCN2CCOCC2)c1. The minimum absolute atomic E-state index is 0.125. The average Bonchev–Trinajstić information content (AvgIpc) is 3.10. The summed E-state index contributed by atoms with van der Waals surface area (Å²) in [6, 6.07) is 7.40. The fraction of sp³-hybridized carbons (Fsp3) is 0.438. The molecule has 8 nitrogen and oxygen atoms in total. The zero-order valence-corrected chi connectivity index (χ0v) is 13.4. The molecule has 0 radical (unpaired) electrons. The number of nitrogens with one attached hydrogen (secondary N) is 1. The van der Waals surface area contributed by atoms with Crippen LogP contribution < -0.4 is 10.5 Å². The fourth-order valence-corrected chi connectivity index (χ4v) is 2.64. The average molecular weight is 331 g/mol. The number of hydrogen-bond donors (Lipinski definition) is 2. The van der Waals surface area contributed by atoms with E-state index in [0.717, 1.165) is 50.6 Å². The second-order valence-electron chi connectivity index (χ2n) is 5.57. The number of ether oxygens (including phenoxy) is 2. The molecular formula is C16H21N5O3. The lowest BCUT2D eigenvalue weighted by Crippen LogP contribution is -2.37. The minimum atomic E-state index is -0.615. The fourth-order valence-electron chi connectivity index (χ4n) is 2.64. The van der Waals surface area contributed by atoms with Gasteiger partial charge in [-0.05, 0) is 18.6 Å². The van der Waals surface area contributed by atoms with Crippen molar-refractivity contribution in [3.05, 3.63) is 30.0 Å². The van der Waals surface area contributed by atoms with Gasteiger partial charge in [0.15, 0.2) is 5.69 Å². The summed E-state index contributed by atoms with van der Waals surface area (Å²) in [5.41, 5.74) is 6.59. The van der Waals surface area contributed by atoms with Crippen LogP contribution in [0.1, 0.15) is 16.9 Å². The van der Waals surface area contributed by atoms with Crippen molar-refractivity contribution in [2.45, 2.75) is 6.42 Å². The van der Waals surface area contributed by atoms with E-state index in [1.165, 1.54) is 0 Å². The second kappa shape index (κ2) is 7.89. The number of rotatable bonds is 7. The summed E-state index contributed by atoms with van der Waals surface area (Å²) in [6.45, 7) is 5.21. The van der Waals surface area contributed by atoms with Crippen LogP contribution in [-0.4, -0.2) is 65.7 Å². The molecule has 1 aromatic carbocycles. The maximum atomic E-state index is 11.4. The van der Waals surface area contributed by atoms with E-state index in [0.29, 0.717) is 12.3 Å². The van der Waals surface area contributed by atoms with E-state index in [4.69, 9.17) is 15.2 Å². The number of hydrogen-bond acceptors (Lipinski definition) is 6. The first-order valence-electron chi connectivity index (χ1n) is 7.98. The van der Waals surface area contributed by atoms with Crippen LogP contribution in [0.15, 0.2) is 24.3 Å². The van der Waals surface area contributed by atoms with Gasteiger partial charge >= 0.3 is 0 Å². The van der Waals surface area contributed by atoms with Crippen LogP contribution >= 0.6 is 0 Å². The van der Waals surface area contributed by atoms with E-state index in [-0.39, 0.29) is 5.69 Å². The molecule has 0 spiro atoms. The van der Waals surface area contributed by atoms with Crippen LogP contribution in [0, 0.1) is 0 Å². The molecule has 0 aliphatic carbocycles. The number of aromatic amines is 1. The van der Waals surface area contributed by atoms with Gasteiger partial charge in [0, 0.05) is 25.2 Å². The number of nitrogens with two attached hydrogens (primary N) is 1. The van der Waals surface area contributed by atoms with Crippen molar-refractivity contribution in [1.29, 1.82) is 0 Å². The summed E-state index contributed by atoms with van der Waals surface area (Å²) in [7, 11) is 0. The van der Waals surface area contributed by atoms with Gasteiger partial charge in [-0.3, -0.25) is 9.69 Å². The van der Waals surface area contributed by atoms with E-state index in [2.05, 4.69) is 20.3 Å². The van der Waals surface area contributed by atoms with Gasteiger partial charge < -0.3 is 15.2 Å². The van der Waals surface area contributed by atoms with Crippen LogP contribution in [0.2, 0.25) is 0 Å². The van der Waals surface area contributed by atoms with Gasteiger partial charge in [-0.25, -0.2) is 0 Å². The molecule has 3 rings (SSSR count). The molecule has 0 unspecified atom stereocenters. The number of morpholine rings is 1. The van der Waals surface area contributed by atoms with Gasteiger partial charge in [0.25, 0.3) is 5.91 Å². The standard InChI is InChI=1S/C16H21N5O3/c17-16(22)15-14(18-20-19-15)12-3-1-4-13(11-12)24-8-2-5-21-6-9-23-10-7-21/h1,3-4,11H,2,5-10H2,(H2,17,22)(H,18,19,20). The van der Waals surface area contributed by atoms with Gasteiger partial charge in [-0.15, -0.1) is 0 Å². The molecule has 1 aromatic heterocycles. The van der Waals surface area contributed by atoms with Gasteiger partial charge in [0.1, 0.15) is 11.4 Å². The smallest absolute Gasteiger partial charge is 0.271 e. The Kier molecular flexibility index (Phi) is 5.39. The highest BCUT2D eigenvalue weighted by Crippen LogP contribution is 2.24. The van der Waals surface area contributed by atoms with Crippen LogP contribution in [0.4, 0.5) is 0 Å². The maximum absolute atomic E-state index is 11.4. The van der Waals surface area contributed by atoms with Crippen molar-refractivity contribution in [3.63, 3.8) is 0 Å². The molecule has 8 heteroatoms. The Morgan fingerprint density at radius 3 is 2.96 bits per heavy atom. The quantitative estimate of drug-likeness (QED) is 0.722. The third-order valence-electron chi connectivity index (χ3n) is 3.88. The highest BCUT2D eigenvalue weighted by Gasteiger charge is 2.15.